The fraction of sp³-hybridized carbons (Fsp3) is 0.241. The lowest BCUT2D eigenvalue weighted by Crippen LogP contribution is -2.19. The Morgan fingerprint density at radius 1 is 1.11 bits per heavy atom. The van der Waals surface area contributed by atoms with Gasteiger partial charge in [0, 0.05) is 5.56 Å². The van der Waals surface area contributed by atoms with Crippen LogP contribution < -0.4 is 5.32 Å². The Bertz CT molecular complexity index is 1610. The Balaban J connectivity index is 1.26. The third-order valence-electron chi connectivity index (χ3n) is 7.27. The number of fused-ring (bicyclic) bond motifs is 1. The van der Waals surface area contributed by atoms with Gasteiger partial charge in [0.2, 0.25) is 0 Å². The maximum atomic E-state index is 11.7. The zero-order valence-corrected chi connectivity index (χ0v) is 21.8. The smallest absolute Gasteiger partial charge is 0.314 e. The van der Waals surface area contributed by atoms with Crippen LogP contribution in [0.1, 0.15) is 42.7 Å². The van der Waals surface area contributed by atoms with E-state index in [0.29, 0.717) is 18.6 Å². The first-order valence-corrected chi connectivity index (χ1v) is 13.2. The first-order chi connectivity index (χ1) is 18.5. The zero-order chi connectivity index (χ0) is 26.3. The van der Waals surface area contributed by atoms with Gasteiger partial charge in [0.05, 0.1) is 21.8 Å². The first kappa shape index (κ1) is 24.3. The normalized spacial score (nSPS) is 14.9. The lowest BCUT2D eigenvalue weighted by atomic mass is 9.93. The fourth-order valence-corrected chi connectivity index (χ4v) is 5.54. The standard InChI is InChI=1S/C29H26N4O4S/c1-17-24(30-16-36-18(2)19-6-4-3-5-7-19)26(37-32-17)23-13-12-22(27-25(23)31-33-38-27)20-8-10-21(11-9-20)29(14-15-29)28(34)35/h3-13,18,30H,14-16H2,1-2H3,(H,34,35). The Morgan fingerprint density at radius 3 is 2.55 bits per heavy atom. The van der Waals surface area contributed by atoms with Crippen molar-refractivity contribution < 1.29 is 19.2 Å². The van der Waals surface area contributed by atoms with Gasteiger partial charge in [0.25, 0.3) is 0 Å². The summed E-state index contributed by atoms with van der Waals surface area (Å²) in [6.45, 7) is 4.18. The molecule has 1 fully saturated rings. The minimum atomic E-state index is -0.754. The summed E-state index contributed by atoms with van der Waals surface area (Å²) in [4.78, 5) is 11.7. The van der Waals surface area contributed by atoms with Crippen molar-refractivity contribution in [3.05, 3.63) is 83.6 Å². The molecular formula is C29H26N4O4S. The average Bonchev–Trinajstić information content (AvgIpc) is 3.48. The number of aromatic nitrogens is 3. The molecule has 0 spiro atoms. The van der Waals surface area contributed by atoms with Gasteiger partial charge in [-0.3, -0.25) is 4.79 Å². The number of nitrogens with zero attached hydrogens (tertiary/aromatic N) is 3. The molecule has 2 aromatic heterocycles. The van der Waals surface area contributed by atoms with Crippen LogP contribution >= 0.6 is 11.5 Å². The highest BCUT2D eigenvalue weighted by Crippen LogP contribution is 2.49. The number of carboxylic acids is 1. The molecule has 1 atom stereocenters. The van der Waals surface area contributed by atoms with E-state index in [4.69, 9.17) is 9.26 Å². The Morgan fingerprint density at radius 2 is 1.84 bits per heavy atom. The van der Waals surface area contributed by atoms with Gasteiger partial charge in [-0.1, -0.05) is 70.3 Å². The number of carbonyl (C=O) groups is 1. The summed E-state index contributed by atoms with van der Waals surface area (Å²) in [5.74, 6) is -0.175. The van der Waals surface area contributed by atoms with Gasteiger partial charge < -0.3 is 19.7 Å². The third kappa shape index (κ3) is 4.23. The van der Waals surface area contributed by atoms with Crippen LogP contribution in [0, 0.1) is 6.92 Å². The monoisotopic (exact) mass is 526 g/mol. The minimum absolute atomic E-state index is 0.0715. The number of rotatable bonds is 9. The van der Waals surface area contributed by atoms with Crippen LogP contribution in [0.2, 0.25) is 0 Å². The number of anilines is 1. The van der Waals surface area contributed by atoms with E-state index in [0.717, 1.165) is 49.4 Å². The second-order valence-corrected chi connectivity index (χ2v) is 10.3. The highest BCUT2D eigenvalue weighted by molar-refractivity contribution is 7.13. The van der Waals surface area contributed by atoms with Crippen molar-refractivity contribution in [1.29, 1.82) is 0 Å². The predicted octanol–water partition coefficient (Wildman–Crippen LogP) is 6.59. The maximum absolute atomic E-state index is 11.7. The number of hydrogen-bond donors (Lipinski definition) is 2. The van der Waals surface area contributed by atoms with Crippen molar-refractivity contribution in [2.75, 3.05) is 12.0 Å². The van der Waals surface area contributed by atoms with Crippen molar-refractivity contribution in [2.45, 2.75) is 38.2 Å². The first-order valence-electron chi connectivity index (χ1n) is 12.4. The molecule has 0 radical (unpaired) electrons. The molecule has 0 amide bonds. The van der Waals surface area contributed by atoms with Crippen LogP contribution in [-0.2, 0) is 14.9 Å². The molecule has 1 aliphatic carbocycles. The molecule has 0 aliphatic heterocycles. The Kier molecular flexibility index (Phi) is 6.17. The second kappa shape index (κ2) is 9.66. The van der Waals surface area contributed by atoms with E-state index in [1.807, 2.05) is 80.6 Å². The van der Waals surface area contributed by atoms with Gasteiger partial charge in [-0.05, 0) is 61.0 Å². The van der Waals surface area contributed by atoms with E-state index in [9.17, 15) is 9.90 Å². The second-order valence-electron chi connectivity index (χ2n) is 9.59. The Labute approximate surface area is 223 Å². The summed E-state index contributed by atoms with van der Waals surface area (Å²) in [6, 6.07) is 21.8. The highest BCUT2D eigenvalue weighted by Gasteiger charge is 2.51. The predicted molar refractivity (Wildman–Crippen MR) is 146 cm³/mol. The van der Waals surface area contributed by atoms with E-state index in [1.54, 1.807) is 0 Å². The molecule has 2 N–H and O–H groups in total. The molecule has 1 aliphatic rings. The summed E-state index contributed by atoms with van der Waals surface area (Å²) < 4.78 is 16.9. The highest BCUT2D eigenvalue weighted by atomic mass is 32.1. The quantitative estimate of drug-likeness (QED) is 0.207. The summed E-state index contributed by atoms with van der Waals surface area (Å²) in [5, 5.41) is 21.5. The lowest BCUT2D eigenvalue weighted by molar-refractivity contribution is -0.140. The van der Waals surface area contributed by atoms with E-state index in [1.165, 1.54) is 11.5 Å². The maximum Gasteiger partial charge on any atom is 0.314 e. The molecule has 2 heterocycles. The zero-order valence-electron chi connectivity index (χ0n) is 21.0. The van der Waals surface area contributed by atoms with Crippen LogP contribution in [0.25, 0.3) is 32.7 Å². The molecule has 6 rings (SSSR count). The van der Waals surface area contributed by atoms with Crippen LogP contribution in [-0.4, -0.2) is 32.6 Å². The topological polar surface area (TPSA) is 110 Å². The Hall–Kier alpha value is -4.08. The number of aryl methyl sites for hydroxylation is 1. The van der Waals surface area contributed by atoms with Crippen molar-refractivity contribution in [2.24, 2.45) is 0 Å². The van der Waals surface area contributed by atoms with Crippen molar-refractivity contribution >= 4 is 33.4 Å². The van der Waals surface area contributed by atoms with Gasteiger partial charge in [-0.2, -0.15) is 0 Å². The largest absolute Gasteiger partial charge is 0.481 e. The molecule has 0 saturated heterocycles. The van der Waals surface area contributed by atoms with Gasteiger partial charge in [0.15, 0.2) is 5.76 Å². The molecule has 1 saturated carbocycles. The molecule has 8 nitrogen and oxygen atoms in total. The summed E-state index contributed by atoms with van der Waals surface area (Å²) in [6.07, 6.45) is 1.29. The van der Waals surface area contributed by atoms with E-state index in [2.05, 4.69) is 20.1 Å². The summed E-state index contributed by atoms with van der Waals surface area (Å²) in [7, 11) is 0. The average molecular weight is 527 g/mol. The molecule has 0 bridgehead atoms. The SMILES string of the molecule is Cc1noc(-c2ccc(-c3ccc(C4(C(=O)O)CC4)cc3)c3snnc23)c1NCOC(C)c1ccccc1. The van der Waals surface area contributed by atoms with Crippen LogP contribution in [0.4, 0.5) is 5.69 Å². The molecule has 5 aromatic rings. The van der Waals surface area contributed by atoms with E-state index in [-0.39, 0.29) is 12.8 Å². The van der Waals surface area contributed by atoms with Gasteiger partial charge in [-0.15, -0.1) is 5.10 Å². The molecule has 192 valence electrons. The number of benzene rings is 3. The number of ether oxygens (including phenoxy) is 1. The molecular weight excluding hydrogens is 500 g/mol. The number of aliphatic carboxylic acids is 1. The van der Waals surface area contributed by atoms with Gasteiger partial charge in [0.1, 0.15) is 23.6 Å². The lowest BCUT2D eigenvalue weighted by Gasteiger charge is -2.15. The van der Waals surface area contributed by atoms with Crippen LogP contribution in [0.3, 0.4) is 0 Å². The van der Waals surface area contributed by atoms with Gasteiger partial charge >= 0.3 is 5.97 Å². The number of carboxylic acid groups (broad SMARTS) is 1. The fourth-order valence-electron chi connectivity index (χ4n) is 4.82. The van der Waals surface area contributed by atoms with Gasteiger partial charge in [-0.25, -0.2) is 0 Å². The third-order valence-corrected chi connectivity index (χ3v) is 8.03. The van der Waals surface area contributed by atoms with Crippen LogP contribution in [0.5, 0.6) is 0 Å². The number of nitrogens with one attached hydrogen (secondary N) is 1. The van der Waals surface area contributed by atoms with Crippen LogP contribution in [0.15, 0.2) is 71.3 Å². The van der Waals surface area contributed by atoms with Crippen molar-refractivity contribution in [1.82, 2.24) is 14.7 Å². The minimum Gasteiger partial charge on any atom is -0.481 e. The van der Waals surface area contributed by atoms with Crippen molar-refractivity contribution in [3.8, 4) is 22.5 Å². The number of hydrogen-bond acceptors (Lipinski definition) is 8. The van der Waals surface area contributed by atoms with E-state index >= 15 is 0 Å². The summed E-state index contributed by atoms with van der Waals surface area (Å²) >= 11 is 1.31. The van der Waals surface area contributed by atoms with E-state index < -0.39 is 11.4 Å². The molecule has 1 unspecified atom stereocenters. The summed E-state index contributed by atoms with van der Waals surface area (Å²) in [5.41, 5.74) is 6.17. The van der Waals surface area contributed by atoms with Crippen molar-refractivity contribution in [3.63, 3.8) is 0 Å². The molecule has 38 heavy (non-hydrogen) atoms. The molecule has 3 aromatic carbocycles. The molecule has 9 heteroatoms.